The zero-order valence-corrected chi connectivity index (χ0v) is 39.4. The smallest absolute Gasteiger partial charge is 0.306 e. The van der Waals surface area contributed by atoms with E-state index in [0.29, 0.717) is 64.7 Å². The topological polar surface area (TPSA) is 449 Å². The quantitative estimate of drug-likeness (QED) is 0.0262. The summed E-state index contributed by atoms with van der Waals surface area (Å²) in [7, 11) is 1.42. The average molecular weight is 942 g/mol. The predicted octanol–water partition coefficient (Wildman–Crippen LogP) is 2.54. The first-order chi connectivity index (χ1) is 30.6. The molecule has 17 N–H and O–H groups in total. The molecule has 0 aliphatic heterocycles. The molecule has 384 valence electrons. The van der Waals surface area contributed by atoms with Crippen molar-refractivity contribution in [1.29, 1.82) is 10.8 Å². The van der Waals surface area contributed by atoms with Gasteiger partial charge in [0.1, 0.15) is 26.5 Å². The molecule has 0 bridgehead atoms. The first-order valence-corrected chi connectivity index (χ1v) is 19.8. The van der Waals surface area contributed by atoms with Gasteiger partial charge in [-0.05, 0) is 65.2 Å². The van der Waals surface area contributed by atoms with Gasteiger partial charge in [0.25, 0.3) is 5.69 Å². The van der Waals surface area contributed by atoms with E-state index < -0.39 is 22.9 Å². The van der Waals surface area contributed by atoms with E-state index in [4.69, 9.17) is 68.1 Å². The van der Waals surface area contributed by atoms with Crippen LogP contribution < -0.4 is 54.9 Å². The fraction of sp³-hybridized carbons (Fsp3) is 0.610. The van der Waals surface area contributed by atoms with Crippen molar-refractivity contribution in [2.45, 2.75) is 119 Å². The highest BCUT2D eigenvalue weighted by atomic mass is 16.6. The summed E-state index contributed by atoms with van der Waals surface area (Å²) < 4.78 is 16.3. The van der Waals surface area contributed by atoms with Crippen molar-refractivity contribution in [3.8, 4) is 11.5 Å². The number of methoxy groups -OCH3 is 1. The number of nitrogens with zero attached hydrogens (tertiary/aromatic N) is 1. The van der Waals surface area contributed by atoms with E-state index in [1.54, 1.807) is 6.92 Å². The second-order valence-electron chi connectivity index (χ2n) is 10.4. The lowest BCUT2D eigenvalue weighted by Gasteiger charge is -2.17. The molecular formula is C41H87N11O13. The molecule has 1 unspecified atom stereocenters. The summed E-state index contributed by atoms with van der Waals surface area (Å²) in [5.74, 6) is -1.15. The minimum Gasteiger partial charge on any atom is -0.493 e. The Balaban J connectivity index is -0.0000000801. The van der Waals surface area contributed by atoms with Crippen molar-refractivity contribution in [2.24, 2.45) is 40.1 Å². The summed E-state index contributed by atoms with van der Waals surface area (Å²) in [5.41, 5.74) is 34.0. The van der Waals surface area contributed by atoms with Crippen LogP contribution in [0.2, 0.25) is 0 Å². The molecule has 24 heteroatoms. The van der Waals surface area contributed by atoms with Crippen LogP contribution in [-0.4, -0.2) is 115 Å². The lowest BCUT2D eigenvalue weighted by molar-refractivity contribution is -0.386. The van der Waals surface area contributed by atoms with Crippen molar-refractivity contribution >= 4 is 69.1 Å². The minimum absolute atomic E-state index is 0. The number of hydrogen-bond donors (Lipinski definition) is 10. The van der Waals surface area contributed by atoms with Gasteiger partial charge in [0, 0.05) is 38.8 Å². The van der Waals surface area contributed by atoms with Crippen molar-refractivity contribution < 1.29 is 57.5 Å². The molecule has 0 aliphatic rings. The van der Waals surface area contributed by atoms with Crippen LogP contribution in [0.4, 0.5) is 5.69 Å². The normalized spacial score (nSPS) is 8.42. The van der Waals surface area contributed by atoms with Crippen LogP contribution >= 0.6 is 0 Å². The van der Waals surface area contributed by atoms with E-state index in [1.165, 1.54) is 19.2 Å². The number of esters is 1. The first kappa shape index (κ1) is 85.9. The Morgan fingerprint density at radius 2 is 1.15 bits per heavy atom. The third-order valence-electron chi connectivity index (χ3n) is 5.97. The van der Waals surface area contributed by atoms with E-state index in [0.717, 1.165) is 19.3 Å². The molecular weight excluding hydrogens is 855 g/mol. The van der Waals surface area contributed by atoms with Gasteiger partial charge in [-0.25, -0.2) is 0 Å². The fourth-order valence-corrected chi connectivity index (χ4v) is 3.41. The van der Waals surface area contributed by atoms with Crippen LogP contribution in [0.3, 0.4) is 0 Å². The lowest BCUT2D eigenvalue weighted by Crippen LogP contribution is -2.24. The maximum atomic E-state index is 11.9. The molecule has 4 amide bonds. The molecule has 0 aromatic heterocycles. The van der Waals surface area contributed by atoms with Gasteiger partial charge in [0.2, 0.25) is 23.6 Å². The molecule has 24 nitrogen and oxygen atoms in total. The van der Waals surface area contributed by atoms with E-state index in [-0.39, 0.29) is 67.5 Å². The summed E-state index contributed by atoms with van der Waals surface area (Å²) in [6.07, 6.45) is 5.03. The Kier molecular flexibility index (Phi) is 103. The Morgan fingerprint density at radius 1 is 0.708 bits per heavy atom. The molecule has 0 saturated heterocycles. The van der Waals surface area contributed by atoms with Crippen LogP contribution in [0.25, 0.3) is 0 Å². The number of amides is 4. The van der Waals surface area contributed by atoms with Crippen LogP contribution in [0.15, 0.2) is 12.1 Å². The van der Waals surface area contributed by atoms with Crippen molar-refractivity contribution in [3.05, 3.63) is 27.8 Å². The molecule has 1 aromatic carbocycles. The van der Waals surface area contributed by atoms with Crippen LogP contribution in [-0.2, 0) is 43.1 Å². The number of nitro benzene ring substituents is 1. The van der Waals surface area contributed by atoms with E-state index >= 15 is 0 Å². The van der Waals surface area contributed by atoms with E-state index in [1.807, 2.05) is 48.1 Å². The van der Waals surface area contributed by atoms with Gasteiger partial charge in [-0.3, -0.25) is 34.1 Å². The number of primary amides is 3. The minimum atomic E-state index is -0.847. The summed E-state index contributed by atoms with van der Waals surface area (Å²) >= 11 is 0. The molecule has 0 aliphatic carbocycles. The van der Waals surface area contributed by atoms with Gasteiger partial charge in [0.15, 0.2) is 11.5 Å². The number of nitro groups is 1. The predicted molar refractivity (Wildman–Crippen MR) is 259 cm³/mol. The van der Waals surface area contributed by atoms with Gasteiger partial charge in [-0.15, -0.1) is 0 Å². The van der Waals surface area contributed by atoms with Gasteiger partial charge in [-0.2, -0.15) is 0 Å². The Hall–Kier alpha value is -6.24. The number of carbonyl (C=O) groups excluding carboxylic acids is 8. The number of ether oxygens (including phenoxy) is 3. The third-order valence-corrected chi connectivity index (χ3v) is 5.97. The highest BCUT2D eigenvalue weighted by molar-refractivity contribution is 5.76. The zero-order chi connectivity index (χ0) is 52.9. The molecule has 0 spiro atoms. The molecule has 1 atom stereocenters. The average Bonchev–Trinajstić information content (AvgIpc) is 3.32. The molecule has 0 fully saturated rings. The largest absolute Gasteiger partial charge is 0.493 e. The number of carbonyl (C=O) groups is 8. The molecule has 0 saturated carbocycles. The summed E-state index contributed by atoms with van der Waals surface area (Å²) in [4.78, 5) is 87.9. The fourth-order valence-electron chi connectivity index (χ4n) is 3.41. The number of nitrogens with two attached hydrogens (primary N) is 7. The van der Waals surface area contributed by atoms with Crippen LogP contribution in [0, 0.1) is 20.9 Å². The number of rotatable bonds is 22. The van der Waals surface area contributed by atoms with Crippen molar-refractivity contribution in [3.63, 3.8) is 0 Å². The summed E-state index contributed by atoms with van der Waals surface area (Å²) in [6, 6.07) is 2.69. The SMILES string of the molecule is C.C=N.C=N.C=O.C=O.C=O.CC.CC.CCCCCNC(=O)CCCOc1cc([N+](=O)[O-])c(C(C)OC(=O)CCCN)cc1OC.NCC(N)=O.NCCC(N)=O.NCCCC(N)=O. The monoisotopic (exact) mass is 942 g/mol. The second-order valence-corrected chi connectivity index (χ2v) is 10.4. The first-order valence-electron chi connectivity index (χ1n) is 19.8. The van der Waals surface area contributed by atoms with Crippen LogP contribution in [0.1, 0.15) is 125 Å². The van der Waals surface area contributed by atoms with Crippen molar-refractivity contribution in [1.82, 2.24) is 5.32 Å². The number of unbranched alkanes of at least 4 members (excludes halogenated alkanes) is 2. The number of hydrogen-bond acceptors (Lipinski definition) is 19. The second kappa shape index (κ2) is 78.3. The highest BCUT2D eigenvalue weighted by Gasteiger charge is 2.26. The van der Waals surface area contributed by atoms with Crippen molar-refractivity contribution in [2.75, 3.05) is 46.4 Å². The highest BCUT2D eigenvalue weighted by Crippen LogP contribution is 2.38. The summed E-state index contributed by atoms with van der Waals surface area (Å²) in [6.45, 7) is 24.7. The maximum absolute atomic E-state index is 11.9. The third kappa shape index (κ3) is 72.5. The number of nitrogens with one attached hydrogen (secondary N) is 3. The molecule has 0 heterocycles. The Bertz CT molecular complexity index is 1230. The maximum Gasteiger partial charge on any atom is 0.306 e. The Morgan fingerprint density at radius 3 is 1.48 bits per heavy atom. The van der Waals surface area contributed by atoms with Gasteiger partial charge < -0.3 is 84.9 Å². The molecule has 65 heavy (non-hydrogen) atoms. The van der Waals surface area contributed by atoms with Crippen LogP contribution in [0.5, 0.6) is 11.5 Å². The standard InChI is InChI=1S/C22H35N3O7.C4H10N2O.C3H8N2O.C2H6N2O.2C2H6.2CH3N.3CH2O.CH4/c1-4-5-6-12-24-21(26)9-8-13-31-20-15-18(25(28)29)17(14-19(20)30-3)16(2)32-22(27)10-7-11-23;5-3-1-2-4(6)7;4-2-1-3(5)6;3-1-2(4)5;7*1-2;/h14-16H,4-13,23H2,1-3H3,(H,24,26);1-3,5H2,(H2,6,7);1-2,4H2,(H2,5,6);1,3H2,(H2,4,5);2*1-2H3;2*2H,1H2;3*1H2;1H4. The van der Waals surface area contributed by atoms with E-state index in [2.05, 4.69) is 37.1 Å². The molecule has 0 radical (unpaired) electrons. The van der Waals surface area contributed by atoms with Gasteiger partial charge in [-0.1, -0.05) is 54.9 Å². The van der Waals surface area contributed by atoms with Gasteiger partial charge >= 0.3 is 5.97 Å². The molecule has 1 aromatic rings. The van der Waals surface area contributed by atoms with E-state index in [9.17, 15) is 34.1 Å². The lowest BCUT2D eigenvalue weighted by atomic mass is 10.1. The number of benzene rings is 1. The van der Waals surface area contributed by atoms with Gasteiger partial charge in [0.05, 0.1) is 36.8 Å². The Labute approximate surface area is 387 Å². The summed E-state index contributed by atoms with van der Waals surface area (Å²) in [5, 5.41) is 25.5. The zero-order valence-electron chi connectivity index (χ0n) is 39.4. The molecule has 1 rings (SSSR count).